The molecule has 0 saturated heterocycles. The van der Waals surface area contributed by atoms with E-state index in [9.17, 15) is 0 Å². The Morgan fingerprint density at radius 1 is 1.27 bits per heavy atom. The average molecular weight is 228 g/mol. The van der Waals surface area contributed by atoms with Gasteiger partial charge in [-0.05, 0) is 18.1 Å². The largest absolute Gasteiger partial charge is 0.379 e. The molecule has 0 aliphatic rings. The van der Waals surface area contributed by atoms with Crippen LogP contribution in [0.3, 0.4) is 0 Å². The van der Waals surface area contributed by atoms with Crippen molar-refractivity contribution < 1.29 is 4.74 Å². The van der Waals surface area contributed by atoms with E-state index in [0.29, 0.717) is 12.5 Å². The van der Waals surface area contributed by atoms with Crippen LogP contribution in [-0.4, -0.2) is 25.6 Å². The van der Waals surface area contributed by atoms with E-state index < -0.39 is 0 Å². The lowest BCUT2D eigenvalue weighted by atomic mass is 10.1. The Kier molecular flexibility index (Phi) is 6.41. The van der Waals surface area contributed by atoms with Crippen LogP contribution in [0.4, 0.5) is 0 Å². The molecule has 0 heterocycles. The number of aryl methyl sites for hydroxylation is 1. The Labute approximate surface area is 96.6 Å². The Bertz CT molecular complexity index is 278. The Morgan fingerprint density at radius 2 is 2.07 bits per heavy atom. The fourth-order valence-corrected chi connectivity index (χ4v) is 1.44. The molecule has 1 N–H and O–H groups in total. The van der Waals surface area contributed by atoms with E-state index in [2.05, 4.69) is 36.5 Å². The number of hydrogen-bond donors (Lipinski definition) is 1. The normalized spacial score (nSPS) is 10.5. The predicted octanol–water partition coefficient (Wildman–Crippen LogP) is 2.34. The zero-order valence-electron chi connectivity index (χ0n) is 9.13. The van der Waals surface area contributed by atoms with Crippen molar-refractivity contribution in [2.45, 2.75) is 13.5 Å². The Balaban J connectivity index is 2.12. The molecular formula is C12H18ClNO. The zero-order valence-corrected chi connectivity index (χ0v) is 9.89. The van der Waals surface area contributed by atoms with Gasteiger partial charge in [0.15, 0.2) is 0 Å². The van der Waals surface area contributed by atoms with Gasteiger partial charge in [0.25, 0.3) is 0 Å². The van der Waals surface area contributed by atoms with Gasteiger partial charge in [0.2, 0.25) is 0 Å². The number of hydrogen-bond acceptors (Lipinski definition) is 2. The molecule has 0 saturated carbocycles. The standard InChI is InChI=1S/C12H18ClNO/c1-11-4-2-3-5-12(11)10-14-7-9-15-8-6-13/h2-5,14H,6-10H2,1H3. The molecule has 2 nitrogen and oxygen atoms in total. The summed E-state index contributed by atoms with van der Waals surface area (Å²) in [5.74, 6) is 0.567. The van der Waals surface area contributed by atoms with Crippen LogP contribution in [0.2, 0.25) is 0 Å². The van der Waals surface area contributed by atoms with Crippen LogP contribution in [0.15, 0.2) is 24.3 Å². The summed E-state index contributed by atoms with van der Waals surface area (Å²) in [5.41, 5.74) is 2.67. The minimum atomic E-state index is 0.567. The van der Waals surface area contributed by atoms with Gasteiger partial charge in [-0.2, -0.15) is 0 Å². The number of rotatable bonds is 7. The highest BCUT2D eigenvalue weighted by atomic mass is 35.5. The summed E-state index contributed by atoms with van der Waals surface area (Å²) in [4.78, 5) is 0. The molecule has 0 bridgehead atoms. The van der Waals surface area contributed by atoms with Crippen LogP contribution in [0, 0.1) is 6.92 Å². The summed E-state index contributed by atoms with van der Waals surface area (Å²) in [6, 6.07) is 8.39. The number of halogens is 1. The first-order chi connectivity index (χ1) is 7.34. The Morgan fingerprint density at radius 3 is 2.80 bits per heavy atom. The van der Waals surface area contributed by atoms with Crippen molar-refractivity contribution in [2.24, 2.45) is 0 Å². The van der Waals surface area contributed by atoms with Crippen LogP contribution >= 0.6 is 11.6 Å². The molecule has 0 atom stereocenters. The molecule has 1 rings (SSSR count). The highest BCUT2D eigenvalue weighted by molar-refractivity contribution is 6.17. The number of nitrogens with one attached hydrogen (secondary N) is 1. The first kappa shape index (κ1) is 12.5. The first-order valence-corrected chi connectivity index (χ1v) is 5.77. The molecule has 0 amide bonds. The molecule has 3 heteroatoms. The van der Waals surface area contributed by atoms with E-state index in [4.69, 9.17) is 16.3 Å². The molecule has 0 fully saturated rings. The van der Waals surface area contributed by atoms with Gasteiger partial charge >= 0.3 is 0 Å². The maximum atomic E-state index is 5.49. The van der Waals surface area contributed by atoms with E-state index in [0.717, 1.165) is 19.7 Å². The second kappa shape index (κ2) is 7.69. The summed E-state index contributed by atoms with van der Waals surface area (Å²) in [6.45, 7) is 5.25. The van der Waals surface area contributed by atoms with Crippen molar-refractivity contribution in [3.63, 3.8) is 0 Å². The van der Waals surface area contributed by atoms with Crippen LogP contribution < -0.4 is 5.32 Å². The van der Waals surface area contributed by atoms with Crippen LogP contribution in [0.1, 0.15) is 11.1 Å². The van der Waals surface area contributed by atoms with Gasteiger partial charge in [0, 0.05) is 19.0 Å². The number of ether oxygens (including phenoxy) is 1. The lowest BCUT2D eigenvalue weighted by molar-refractivity contribution is 0.151. The van der Waals surface area contributed by atoms with Gasteiger partial charge in [0.1, 0.15) is 0 Å². The van der Waals surface area contributed by atoms with Gasteiger partial charge in [-0.1, -0.05) is 24.3 Å². The summed E-state index contributed by atoms with van der Waals surface area (Å²) in [7, 11) is 0. The molecule has 1 aromatic carbocycles. The third kappa shape index (κ3) is 5.17. The molecule has 0 spiro atoms. The van der Waals surface area contributed by atoms with E-state index >= 15 is 0 Å². The van der Waals surface area contributed by atoms with Crippen molar-refractivity contribution in [2.75, 3.05) is 25.6 Å². The smallest absolute Gasteiger partial charge is 0.0602 e. The monoisotopic (exact) mass is 227 g/mol. The van der Waals surface area contributed by atoms with Gasteiger partial charge in [-0.15, -0.1) is 11.6 Å². The molecule has 1 aromatic rings. The quantitative estimate of drug-likeness (QED) is 0.570. The highest BCUT2D eigenvalue weighted by Crippen LogP contribution is 2.05. The predicted molar refractivity (Wildman–Crippen MR) is 64.4 cm³/mol. The third-order valence-corrected chi connectivity index (χ3v) is 2.38. The molecule has 15 heavy (non-hydrogen) atoms. The lowest BCUT2D eigenvalue weighted by Gasteiger charge is -2.07. The van der Waals surface area contributed by atoms with E-state index in [1.807, 2.05) is 0 Å². The third-order valence-electron chi connectivity index (χ3n) is 2.22. The SMILES string of the molecule is Cc1ccccc1CNCCOCCCl. The maximum absolute atomic E-state index is 5.49. The molecule has 84 valence electrons. The lowest BCUT2D eigenvalue weighted by Crippen LogP contribution is -2.20. The van der Waals surface area contributed by atoms with Crippen LogP contribution in [0.5, 0.6) is 0 Å². The van der Waals surface area contributed by atoms with E-state index in [1.165, 1.54) is 11.1 Å². The van der Waals surface area contributed by atoms with Gasteiger partial charge in [0.05, 0.1) is 13.2 Å². The molecular weight excluding hydrogens is 210 g/mol. The first-order valence-electron chi connectivity index (χ1n) is 5.23. The van der Waals surface area contributed by atoms with Crippen LogP contribution in [-0.2, 0) is 11.3 Å². The average Bonchev–Trinajstić information content (AvgIpc) is 2.25. The fourth-order valence-electron chi connectivity index (χ4n) is 1.33. The second-order valence-corrected chi connectivity index (χ2v) is 3.78. The van der Waals surface area contributed by atoms with E-state index in [-0.39, 0.29) is 0 Å². The topological polar surface area (TPSA) is 21.3 Å². The molecule has 0 aliphatic carbocycles. The van der Waals surface area contributed by atoms with Gasteiger partial charge in [-0.3, -0.25) is 0 Å². The van der Waals surface area contributed by atoms with Crippen molar-refractivity contribution in [3.8, 4) is 0 Å². The van der Waals surface area contributed by atoms with Gasteiger partial charge in [-0.25, -0.2) is 0 Å². The molecule has 0 unspecified atom stereocenters. The minimum absolute atomic E-state index is 0.567. The zero-order chi connectivity index (χ0) is 10.9. The van der Waals surface area contributed by atoms with Crippen LogP contribution in [0.25, 0.3) is 0 Å². The second-order valence-electron chi connectivity index (χ2n) is 3.40. The summed E-state index contributed by atoms with van der Waals surface area (Å²) in [5, 5.41) is 3.33. The summed E-state index contributed by atoms with van der Waals surface area (Å²) >= 11 is 5.49. The number of alkyl halides is 1. The maximum Gasteiger partial charge on any atom is 0.0602 e. The minimum Gasteiger partial charge on any atom is -0.379 e. The van der Waals surface area contributed by atoms with Crippen molar-refractivity contribution in [3.05, 3.63) is 35.4 Å². The van der Waals surface area contributed by atoms with Crippen molar-refractivity contribution >= 4 is 11.6 Å². The molecule has 0 aliphatic heterocycles. The van der Waals surface area contributed by atoms with E-state index in [1.54, 1.807) is 0 Å². The Hall–Kier alpha value is -0.570. The molecule has 0 aromatic heterocycles. The fraction of sp³-hybridized carbons (Fsp3) is 0.500. The highest BCUT2D eigenvalue weighted by Gasteiger charge is 1.95. The van der Waals surface area contributed by atoms with Crippen molar-refractivity contribution in [1.82, 2.24) is 5.32 Å². The van der Waals surface area contributed by atoms with Gasteiger partial charge < -0.3 is 10.1 Å². The molecule has 0 radical (unpaired) electrons. The number of benzene rings is 1. The van der Waals surface area contributed by atoms with Crippen molar-refractivity contribution in [1.29, 1.82) is 0 Å². The summed E-state index contributed by atoms with van der Waals surface area (Å²) < 4.78 is 5.26. The summed E-state index contributed by atoms with van der Waals surface area (Å²) in [6.07, 6.45) is 0.